The molecule has 1 aromatic rings. The van der Waals surface area contributed by atoms with Crippen LogP contribution in [-0.4, -0.2) is 10.3 Å². The second-order valence-electron chi connectivity index (χ2n) is 7.10. The van der Waals surface area contributed by atoms with E-state index in [0.29, 0.717) is 12.8 Å². The van der Waals surface area contributed by atoms with Gasteiger partial charge < -0.3 is 4.74 Å². The fourth-order valence-electron chi connectivity index (χ4n) is 2.53. The first-order valence-electron chi connectivity index (χ1n) is 7.45. The molecule has 0 saturated heterocycles. The Labute approximate surface area is 136 Å². The Morgan fingerprint density at radius 1 is 1.50 bits per heavy atom. The van der Waals surface area contributed by atoms with Gasteiger partial charge in [-0.25, -0.2) is 4.39 Å². The van der Waals surface area contributed by atoms with Crippen molar-refractivity contribution in [3.63, 3.8) is 0 Å². The molecule has 3 nitrogen and oxygen atoms in total. The predicted molar refractivity (Wildman–Crippen MR) is 88.3 cm³/mol. The maximum atomic E-state index is 13.9. The van der Waals surface area contributed by atoms with E-state index in [9.17, 15) is 4.39 Å². The Hall–Kier alpha value is -1.25. The summed E-state index contributed by atoms with van der Waals surface area (Å²) in [6, 6.07) is 5.16. The molecule has 22 heavy (non-hydrogen) atoms. The number of halogens is 1. The zero-order valence-electron chi connectivity index (χ0n) is 13.8. The maximum Gasteiger partial charge on any atom is 0.128 e. The first-order chi connectivity index (χ1) is 10.1. The molecule has 0 fully saturated rings. The molecule has 0 bridgehead atoms. The average molecular weight is 322 g/mol. The molecule has 0 saturated carbocycles. The second kappa shape index (κ2) is 6.10. The van der Waals surface area contributed by atoms with Gasteiger partial charge in [0.1, 0.15) is 17.2 Å². The number of hydrogen-bond donors (Lipinski definition) is 1. The summed E-state index contributed by atoms with van der Waals surface area (Å²) in [5.41, 5.74) is 1.10. The fourth-order valence-corrected chi connectivity index (χ4v) is 3.19. The minimum Gasteiger partial charge on any atom is -0.486 e. The van der Waals surface area contributed by atoms with Crippen molar-refractivity contribution in [2.75, 3.05) is 0 Å². The lowest BCUT2D eigenvalue weighted by Gasteiger charge is -2.24. The molecule has 1 aromatic carbocycles. The van der Waals surface area contributed by atoms with Crippen LogP contribution in [0.25, 0.3) is 0 Å². The van der Waals surface area contributed by atoms with E-state index in [-0.39, 0.29) is 16.6 Å². The van der Waals surface area contributed by atoms with Crippen molar-refractivity contribution in [1.29, 1.82) is 5.26 Å². The van der Waals surface area contributed by atoms with Crippen LogP contribution >= 0.6 is 11.9 Å². The minimum atomic E-state index is -0.559. The number of rotatable bonds is 4. The second-order valence-corrected chi connectivity index (χ2v) is 8.77. The Balaban J connectivity index is 2.27. The largest absolute Gasteiger partial charge is 0.486 e. The van der Waals surface area contributed by atoms with Crippen LogP contribution in [0.1, 0.15) is 58.2 Å². The standard InChI is InChI=1S/C17H23FN2OS/c1-11(20-22-16(2,3)4)14-9-13(18)8-12-10-17(5,6-7-19)21-15(12)14/h8-9,11,20H,6,10H2,1-5H3/t11-,17?/m1/s1. The molecule has 2 rings (SSSR count). The predicted octanol–water partition coefficient (Wildman–Crippen LogP) is 4.53. The lowest BCUT2D eigenvalue weighted by atomic mass is 9.95. The number of hydrogen-bond acceptors (Lipinski definition) is 4. The summed E-state index contributed by atoms with van der Waals surface area (Å²) in [5.74, 6) is 0.474. The molecule has 1 unspecified atom stereocenters. The first-order valence-corrected chi connectivity index (χ1v) is 8.27. The summed E-state index contributed by atoms with van der Waals surface area (Å²) in [4.78, 5) is 0. The van der Waals surface area contributed by atoms with Crippen LogP contribution in [0.15, 0.2) is 12.1 Å². The van der Waals surface area contributed by atoms with Gasteiger partial charge in [-0.15, -0.1) is 0 Å². The number of ether oxygens (including phenoxy) is 1. The normalized spacial score (nSPS) is 21.9. The maximum absolute atomic E-state index is 13.9. The highest BCUT2D eigenvalue weighted by atomic mass is 32.2. The van der Waals surface area contributed by atoms with Gasteiger partial charge in [-0.05, 0) is 46.8 Å². The highest BCUT2D eigenvalue weighted by molar-refractivity contribution is 7.98. The number of fused-ring (bicyclic) bond motifs is 1. The first kappa shape index (κ1) is 17.1. The van der Waals surface area contributed by atoms with Gasteiger partial charge in [-0.3, -0.25) is 4.72 Å². The molecule has 1 aliphatic heterocycles. The summed E-state index contributed by atoms with van der Waals surface area (Å²) in [6.45, 7) is 10.3. The average Bonchev–Trinajstić information content (AvgIpc) is 2.70. The van der Waals surface area contributed by atoms with Crippen molar-refractivity contribution in [2.45, 2.75) is 63.9 Å². The quantitative estimate of drug-likeness (QED) is 0.827. The van der Waals surface area contributed by atoms with Crippen molar-refractivity contribution in [2.24, 2.45) is 0 Å². The number of benzene rings is 1. The zero-order chi connectivity index (χ0) is 16.5. The van der Waals surface area contributed by atoms with E-state index in [1.54, 1.807) is 11.9 Å². The van der Waals surface area contributed by atoms with Gasteiger partial charge >= 0.3 is 0 Å². The number of nitrogens with zero attached hydrogens (tertiary/aromatic N) is 1. The monoisotopic (exact) mass is 322 g/mol. The van der Waals surface area contributed by atoms with Crippen molar-refractivity contribution in [1.82, 2.24) is 4.72 Å². The molecule has 0 amide bonds. The molecule has 0 aromatic heterocycles. The molecule has 2 atom stereocenters. The minimum absolute atomic E-state index is 0.0434. The third-order valence-electron chi connectivity index (χ3n) is 3.53. The summed E-state index contributed by atoms with van der Waals surface area (Å²) in [7, 11) is 0. The Kier molecular flexibility index (Phi) is 4.74. The zero-order valence-corrected chi connectivity index (χ0v) is 14.6. The summed E-state index contributed by atoms with van der Waals surface area (Å²) < 4.78 is 23.4. The summed E-state index contributed by atoms with van der Waals surface area (Å²) in [5, 5.41) is 8.96. The summed E-state index contributed by atoms with van der Waals surface area (Å²) >= 11 is 1.62. The van der Waals surface area contributed by atoms with Gasteiger partial charge in [0, 0.05) is 28.3 Å². The Bertz CT molecular complexity index is 606. The van der Waals surface area contributed by atoms with Crippen LogP contribution in [0.2, 0.25) is 0 Å². The van der Waals surface area contributed by atoms with Crippen molar-refractivity contribution >= 4 is 11.9 Å². The van der Waals surface area contributed by atoms with E-state index in [2.05, 4.69) is 31.6 Å². The van der Waals surface area contributed by atoms with E-state index in [4.69, 9.17) is 10.00 Å². The molecule has 1 heterocycles. The highest BCUT2D eigenvalue weighted by Gasteiger charge is 2.37. The van der Waals surface area contributed by atoms with Crippen LogP contribution in [0, 0.1) is 17.1 Å². The van der Waals surface area contributed by atoms with Crippen LogP contribution in [0.3, 0.4) is 0 Å². The van der Waals surface area contributed by atoms with Crippen LogP contribution in [0.5, 0.6) is 5.75 Å². The van der Waals surface area contributed by atoms with Gasteiger partial charge in [0.05, 0.1) is 12.5 Å². The molecule has 120 valence electrons. The molecule has 1 aliphatic rings. The van der Waals surface area contributed by atoms with Gasteiger partial charge in [-0.2, -0.15) is 5.26 Å². The van der Waals surface area contributed by atoms with E-state index in [1.165, 1.54) is 12.1 Å². The fraction of sp³-hybridized carbons (Fsp3) is 0.588. The third kappa shape index (κ3) is 3.93. The lowest BCUT2D eigenvalue weighted by molar-refractivity contribution is 0.120. The highest BCUT2D eigenvalue weighted by Crippen LogP contribution is 2.42. The molecular weight excluding hydrogens is 299 g/mol. The van der Waals surface area contributed by atoms with Gasteiger partial charge in [0.25, 0.3) is 0 Å². The van der Waals surface area contributed by atoms with Crippen LogP contribution < -0.4 is 9.46 Å². The number of nitrogens with one attached hydrogen (secondary N) is 1. The van der Waals surface area contributed by atoms with E-state index >= 15 is 0 Å². The van der Waals surface area contributed by atoms with Gasteiger partial charge in [-0.1, -0.05) is 11.9 Å². The topological polar surface area (TPSA) is 45.0 Å². The van der Waals surface area contributed by atoms with Crippen LogP contribution in [0.4, 0.5) is 4.39 Å². The van der Waals surface area contributed by atoms with Crippen molar-refractivity contribution < 1.29 is 9.13 Å². The third-order valence-corrected chi connectivity index (χ3v) is 4.62. The van der Waals surface area contributed by atoms with E-state index < -0.39 is 5.60 Å². The Morgan fingerprint density at radius 2 is 2.18 bits per heavy atom. The van der Waals surface area contributed by atoms with E-state index in [0.717, 1.165) is 16.9 Å². The van der Waals surface area contributed by atoms with Crippen molar-refractivity contribution in [3.8, 4) is 11.8 Å². The smallest absolute Gasteiger partial charge is 0.128 e. The Morgan fingerprint density at radius 3 is 2.77 bits per heavy atom. The molecule has 1 N–H and O–H groups in total. The molecule has 5 heteroatoms. The molecule has 0 spiro atoms. The summed E-state index contributed by atoms with van der Waals surface area (Å²) in [6.07, 6.45) is 0.862. The number of nitriles is 1. The molecule has 0 radical (unpaired) electrons. The van der Waals surface area contributed by atoms with Gasteiger partial charge in [0.15, 0.2) is 0 Å². The van der Waals surface area contributed by atoms with Gasteiger partial charge in [0.2, 0.25) is 0 Å². The van der Waals surface area contributed by atoms with Crippen LogP contribution in [-0.2, 0) is 6.42 Å². The SMILES string of the molecule is C[C@@H](NSC(C)(C)C)c1cc(F)cc2c1OC(C)(CC#N)C2. The lowest BCUT2D eigenvalue weighted by Crippen LogP contribution is -2.29. The molecular formula is C17H23FN2OS. The molecule has 0 aliphatic carbocycles. The van der Waals surface area contributed by atoms with Crippen molar-refractivity contribution in [3.05, 3.63) is 29.1 Å². The van der Waals surface area contributed by atoms with E-state index in [1.807, 2.05) is 13.8 Å².